The van der Waals surface area contributed by atoms with Crippen molar-refractivity contribution in [3.63, 3.8) is 0 Å². The van der Waals surface area contributed by atoms with Gasteiger partial charge in [-0.25, -0.2) is 0 Å². The Morgan fingerprint density at radius 1 is 1.00 bits per heavy atom. The van der Waals surface area contributed by atoms with Crippen molar-refractivity contribution in [2.24, 2.45) is 0 Å². The lowest BCUT2D eigenvalue weighted by Crippen LogP contribution is -2.26. The molecule has 1 aliphatic heterocycles. The molecule has 0 N–H and O–H groups in total. The Bertz CT molecular complexity index is 1280. The fourth-order valence-electron chi connectivity index (χ4n) is 4.51. The lowest BCUT2D eigenvalue weighted by Gasteiger charge is -2.16. The van der Waals surface area contributed by atoms with E-state index >= 15 is 0 Å². The molecule has 0 unspecified atom stereocenters. The number of hydrogen-bond acceptors (Lipinski definition) is 5. The highest BCUT2D eigenvalue weighted by Gasteiger charge is 2.52. The van der Waals surface area contributed by atoms with Crippen molar-refractivity contribution in [3.8, 4) is 28.5 Å². The second kappa shape index (κ2) is 8.08. The fraction of sp³-hybridized carbons (Fsp3) is 0.333. The smallest absolute Gasteiger partial charge is 0.494 e. The maximum absolute atomic E-state index is 13.4. The van der Waals surface area contributed by atoms with Crippen molar-refractivity contribution in [1.82, 2.24) is 4.98 Å². The highest BCUT2D eigenvalue weighted by Crippen LogP contribution is 2.52. The number of benzene rings is 2. The first-order valence-electron chi connectivity index (χ1n) is 11.3. The van der Waals surface area contributed by atoms with Crippen LogP contribution < -0.4 is 14.2 Å². The molecule has 1 aromatic heterocycles. The maximum atomic E-state index is 13.4. The number of nitrogens with zero attached hydrogens (tertiary/aromatic N) is 1. The molecular formula is C27H25F2NO4. The first-order chi connectivity index (χ1) is 16.2. The lowest BCUT2D eigenvalue weighted by atomic mass is 9.88. The van der Waals surface area contributed by atoms with Gasteiger partial charge in [0.25, 0.3) is 0 Å². The summed E-state index contributed by atoms with van der Waals surface area (Å²) in [5.41, 5.74) is 4.48. The van der Waals surface area contributed by atoms with Crippen molar-refractivity contribution >= 4 is 5.78 Å². The van der Waals surface area contributed by atoms with Crippen molar-refractivity contribution < 1.29 is 27.8 Å². The number of carbonyl (C=O) groups excluding carboxylic acids is 1. The maximum Gasteiger partial charge on any atom is 0.586 e. The molecule has 5 nitrogen and oxygen atoms in total. The number of rotatable bonds is 7. The monoisotopic (exact) mass is 465 g/mol. The zero-order chi connectivity index (χ0) is 24.1. The van der Waals surface area contributed by atoms with Crippen LogP contribution in [0.15, 0.2) is 48.5 Å². The molecule has 2 aliphatic rings. The van der Waals surface area contributed by atoms with E-state index in [4.69, 9.17) is 9.72 Å². The SMILES string of the molecule is CCOc1ccc(-c2nc(CC(=O)C3(c4ccc5c(c4)OC(F)(F)O5)CC3)ccc2C)cc1C. The Hall–Kier alpha value is -3.48. The third-order valence-corrected chi connectivity index (χ3v) is 6.48. The van der Waals surface area contributed by atoms with E-state index in [1.54, 1.807) is 6.07 Å². The summed E-state index contributed by atoms with van der Waals surface area (Å²) in [5.74, 6) is 0.798. The van der Waals surface area contributed by atoms with Gasteiger partial charge in [-0.2, -0.15) is 0 Å². The van der Waals surface area contributed by atoms with Gasteiger partial charge in [-0.15, -0.1) is 8.78 Å². The first kappa shape index (κ1) is 22.3. The number of aromatic nitrogens is 1. The predicted octanol–water partition coefficient (Wildman–Crippen LogP) is 5.93. The number of carbonyl (C=O) groups is 1. The topological polar surface area (TPSA) is 57.7 Å². The van der Waals surface area contributed by atoms with E-state index in [-0.39, 0.29) is 23.7 Å². The summed E-state index contributed by atoms with van der Waals surface area (Å²) in [4.78, 5) is 18.2. The summed E-state index contributed by atoms with van der Waals surface area (Å²) in [5, 5.41) is 0. The molecule has 0 saturated heterocycles. The van der Waals surface area contributed by atoms with Crippen LogP contribution in [-0.2, 0) is 16.6 Å². The van der Waals surface area contributed by atoms with Crippen LogP contribution in [0.25, 0.3) is 11.3 Å². The molecule has 0 radical (unpaired) electrons. The van der Waals surface area contributed by atoms with Gasteiger partial charge in [-0.05, 0) is 86.7 Å². The number of alkyl halides is 2. The molecule has 7 heteroatoms. The Balaban J connectivity index is 1.38. The van der Waals surface area contributed by atoms with Gasteiger partial charge in [0.1, 0.15) is 11.5 Å². The predicted molar refractivity (Wildman–Crippen MR) is 123 cm³/mol. The van der Waals surface area contributed by atoms with Gasteiger partial charge in [-0.3, -0.25) is 9.78 Å². The number of pyridine rings is 1. The summed E-state index contributed by atoms with van der Waals surface area (Å²) >= 11 is 0. The van der Waals surface area contributed by atoms with Gasteiger partial charge in [0.05, 0.1) is 17.7 Å². The summed E-state index contributed by atoms with van der Waals surface area (Å²) in [6, 6.07) is 14.4. The second-order valence-electron chi connectivity index (χ2n) is 8.89. The highest BCUT2D eigenvalue weighted by atomic mass is 19.3. The molecule has 0 amide bonds. The summed E-state index contributed by atoms with van der Waals surface area (Å²) in [7, 11) is 0. The van der Waals surface area contributed by atoms with Crippen LogP contribution in [0.4, 0.5) is 8.78 Å². The molecule has 2 heterocycles. The van der Waals surface area contributed by atoms with Gasteiger partial charge >= 0.3 is 6.29 Å². The number of aryl methyl sites for hydroxylation is 2. The van der Waals surface area contributed by atoms with E-state index in [2.05, 4.69) is 9.47 Å². The van der Waals surface area contributed by atoms with Gasteiger partial charge in [0.2, 0.25) is 0 Å². The molecule has 5 rings (SSSR count). The Morgan fingerprint density at radius 3 is 2.47 bits per heavy atom. The Labute approximate surface area is 196 Å². The fourth-order valence-corrected chi connectivity index (χ4v) is 4.51. The average molecular weight is 465 g/mol. The van der Waals surface area contributed by atoms with Gasteiger partial charge in [-0.1, -0.05) is 12.1 Å². The summed E-state index contributed by atoms with van der Waals surface area (Å²) < 4.78 is 41.5. The minimum atomic E-state index is -3.68. The van der Waals surface area contributed by atoms with Crippen LogP contribution in [-0.4, -0.2) is 23.7 Å². The average Bonchev–Trinajstić information content (AvgIpc) is 3.54. The Kier molecular flexibility index (Phi) is 5.30. The lowest BCUT2D eigenvalue weighted by molar-refractivity contribution is -0.286. The number of hydrogen-bond donors (Lipinski definition) is 0. The Morgan fingerprint density at radius 2 is 1.76 bits per heavy atom. The molecule has 1 saturated carbocycles. The third-order valence-electron chi connectivity index (χ3n) is 6.48. The highest BCUT2D eigenvalue weighted by molar-refractivity contribution is 5.94. The molecule has 34 heavy (non-hydrogen) atoms. The summed E-state index contributed by atoms with van der Waals surface area (Å²) in [6.07, 6.45) is -2.19. The number of ketones is 1. The van der Waals surface area contributed by atoms with Gasteiger partial charge in [0.15, 0.2) is 11.5 Å². The second-order valence-corrected chi connectivity index (χ2v) is 8.89. The van der Waals surface area contributed by atoms with E-state index in [9.17, 15) is 13.6 Å². The van der Waals surface area contributed by atoms with E-state index in [1.165, 1.54) is 12.1 Å². The molecule has 1 aliphatic carbocycles. The molecule has 2 aromatic carbocycles. The van der Waals surface area contributed by atoms with Crippen molar-refractivity contribution in [3.05, 3.63) is 70.9 Å². The van der Waals surface area contributed by atoms with Crippen LogP contribution in [0.5, 0.6) is 17.2 Å². The van der Waals surface area contributed by atoms with E-state index < -0.39 is 11.7 Å². The quantitative estimate of drug-likeness (QED) is 0.433. The van der Waals surface area contributed by atoms with Crippen molar-refractivity contribution in [2.75, 3.05) is 6.61 Å². The number of halogens is 2. The van der Waals surface area contributed by atoms with Crippen LogP contribution in [0.2, 0.25) is 0 Å². The molecule has 0 atom stereocenters. The number of fused-ring (bicyclic) bond motifs is 1. The van der Waals surface area contributed by atoms with Crippen molar-refractivity contribution in [2.45, 2.75) is 51.7 Å². The molecular weight excluding hydrogens is 440 g/mol. The molecule has 1 fully saturated rings. The number of ether oxygens (including phenoxy) is 3. The van der Waals surface area contributed by atoms with Crippen LogP contribution in [0.1, 0.15) is 42.1 Å². The van der Waals surface area contributed by atoms with E-state index in [0.29, 0.717) is 30.7 Å². The minimum absolute atomic E-state index is 0.0169. The van der Waals surface area contributed by atoms with Gasteiger partial charge in [0, 0.05) is 17.7 Å². The third kappa shape index (κ3) is 4.00. The molecule has 3 aromatic rings. The van der Waals surface area contributed by atoms with Crippen LogP contribution in [0.3, 0.4) is 0 Å². The van der Waals surface area contributed by atoms with Crippen LogP contribution >= 0.6 is 0 Å². The first-order valence-corrected chi connectivity index (χ1v) is 11.3. The van der Waals surface area contributed by atoms with Crippen LogP contribution in [0, 0.1) is 13.8 Å². The molecule has 176 valence electrons. The zero-order valence-corrected chi connectivity index (χ0v) is 19.3. The summed E-state index contributed by atoms with van der Waals surface area (Å²) in [6.45, 7) is 6.54. The number of Topliss-reactive ketones (excluding diaryl/α,β-unsaturated/α-hetero) is 1. The van der Waals surface area contributed by atoms with Crippen molar-refractivity contribution in [1.29, 1.82) is 0 Å². The minimum Gasteiger partial charge on any atom is -0.494 e. The zero-order valence-electron chi connectivity index (χ0n) is 19.3. The largest absolute Gasteiger partial charge is 0.586 e. The molecule has 0 bridgehead atoms. The van der Waals surface area contributed by atoms with Gasteiger partial charge < -0.3 is 14.2 Å². The normalized spacial score (nSPS) is 16.9. The van der Waals surface area contributed by atoms with E-state index in [1.807, 2.05) is 51.1 Å². The van der Waals surface area contributed by atoms with E-state index in [0.717, 1.165) is 28.1 Å². The standard InChI is InChI=1S/C27H25F2NO4/c1-4-32-21-9-6-18(13-17(21)3)25-16(2)5-8-20(30-25)15-24(31)26(11-12-26)19-7-10-22-23(14-19)34-27(28,29)33-22/h5-10,13-14H,4,11-12,15H2,1-3H3. The molecule has 0 spiro atoms.